The van der Waals surface area contributed by atoms with Crippen LogP contribution in [0.2, 0.25) is 0 Å². The third kappa shape index (κ3) is 3.04. The molecule has 1 aliphatic rings. The van der Waals surface area contributed by atoms with Gasteiger partial charge in [-0.2, -0.15) is 4.52 Å². The molecule has 3 heterocycles. The zero-order valence-electron chi connectivity index (χ0n) is 14.9. The molecule has 1 aromatic carbocycles. The normalized spacial score (nSPS) is 25.3. The summed E-state index contributed by atoms with van der Waals surface area (Å²) in [5.41, 5.74) is 1.25. The molecule has 0 bridgehead atoms. The molecule has 0 amide bonds. The number of nitrogens with one attached hydrogen (secondary N) is 1. The van der Waals surface area contributed by atoms with E-state index < -0.39 is 0 Å². The number of fused-ring (bicyclic) bond motifs is 1. The van der Waals surface area contributed by atoms with Gasteiger partial charge in [-0.1, -0.05) is 55.5 Å². The van der Waals surface area contributed by atoms with Crippen LogP contribution in [0.15, 0.2) is 30.3 Å². The first-order valence-corrected chi connectivity index (χ1v) is 9.79. The fourth-order valence-corrected chi connectivity index (χ4v) is 5.51. The molecule has 0 spiro atoms. The summed E-state index contributed by atoms with van der Waals surface area (Å²) in [6.45, 7) is 8.77. The Bertz CT molecular complexity index is 862. The van der Waals surface area contributed by atoms with E-state index in [0.29, 0.717) is 17.7 Å². The van der Waals surface area contributed by atoms with Crippen molar-refractivity contribution in [3.05, 3.63) is 46.6 Å². The molecule has 0 radical (unpaired) electrons. The Morgan fingerprint density at radius 3 is 2.52 bits per heavy atom. The number of likely N-dealkylation sites (tertiary alicyclic amines) is 1. The third-order valence-electron chi connectivity index (χ3n) is 5.13. The molecule has 3 aromatic rings. The summed E-state index contributed by atoms with van der Waals surface area (Å²) in [6, 6.07) is 10.7. The van der Waals surface area contributed by atoms with Gasteiger partial charge in [0.15, 0.2) is 6.04 Å². The SMILES string of the molecule is Cc1nc2sc([C@H](c3ccccc3)[NH+]3C[C@@H](C)C[C@H](C)C3)c(O)n2n1. The van der Waals surface area contributed by atoms with Crippen LogP contribution in [-0.2, 0) is 0 Å². The van der Waals surface area contributed by atoms with Crippen LogP contribution in [0.1, 0.15) is 42.6 Å². The van der Waals surface area contributed by atoms with Crippen LogP contribution in [0.3, 0.4) is 0 Å². The number of hydrogen-bond acceptors (Lipinski definition) is 4. The molecule has 2 aromatic heterocycles. The monoisotopic (exact) mass is 357 g/mol. The number of aryl methyl sites for hydroxylation is 1. The van der Waals surface area contributed by atoms with E-state index in [9.17, 15) is 5.11 Å². The average Bonchev–Trinajstić information content (AvgIpc) is 3.06. The second-order valence-electron chi connectivity index (χ2n) is 7.50. The van der Waals surface area contributed by atoms with Gasteiger partial charge in [0.05, 0.1) is 13.1 Å². The van der Waals surface area contributed by atoms with Crippen molar-refractivity contribution in [2.75, 3.05) is 13.1 Å². The minimum atomic E-state index is 0.125. The summed E-state index contributed by atoms with van der Waals surface area (Å²) in [7, 11) is 0. The predicted molar refractivity (Wildman–Crippen MR) is 99.2 cm³/mol. The van der Waals surface area contributed by atoms with Gasteiger partial charge in [0, 0.05) is 17.4 Å². The van der Waals surface area contributed by atoms with Crippen LogP contribution >= 0.6 is 11.3 Å². The van der Waals surface area contributed by atoms with E-state index in [1.54, 1.807) is 15.9 Å². The highest BCUT2D eigenvalue weighted by Gasteiger charge is 2.36. The lowest BCUT2D eigenvalue weighted by Crippen LogP contribution is -3.14. The lowest BCUT2D eigenvalue weighted by molar-refractivity contribution is -0.936. The van der Waals surface area contributed by atoms with Gasteiger partial charge in [-0.15, -0.1) is 5.10 Å². The highest BCUT2D eigenvalue weighted by atomic mass is 32.1. The molecule has 1 aliphatic heterocycles. The molecular weight excluding hydrogens is 332 g/mol. The number of quaternary nitrogens is 1. The van der Waals surface area contributed by atoms with Crippen molar-refractivity contribution in [1.29, 1.82) is 0 Å². The van der Waals surface area contributed by atoms with Crippen LogP contribution in [0.5, 0.6) is 5.88 Å². The molecule has 0 saturated carbocycles. The Hall–Kier alpha value is -1.92. The van der Waals surface area contributed by atoms with Crippen LogP contribution in [0.25, 0.3) is 4.96 Å². The second kappa shape index (κ2) is 6.42. The molecule has 0 unspecified atom stereocenters. The minimum Gasteiger partial charge on any atom is -0.492 e. The van der Waals surface area contributed by atoms with Gasteiger partial charge >= 0.3 is 0 Å². The number of hydrogen-bond donors (Lipinski definition) is 2. The Labute approximate surface area is 151 Å². The lowest BCUT2D eigenvalue weighted by atomic mass is 9.89. The minimum absolute atomic E-state index is 0.125. The number of benzene rings is 1. The molecule has 25 heavy (non-hydrogen) atoms. The summed E-state index contributed by atoms with van der Waals surface area (Å²) >= 11 is 1.56. The fourth-order valence-electron chi connectivity index (χ4n) is 4.32. The summed E-state index contributed by atoms with van der Waals surface area (Å²) in [5.74, 6) is 2.32. The van der Waals surface area contributed by atoms with Crippen LogP contribution in [0, 0.1) is 18.8 Å². The Morgan fingerprint density at radius 2 is 1.88 bits per heavy atom. The Kier molecular flexibility index (Phi) is 4.25. The second-order valence-corrected chi connectivity index (χ2v) is 8.51. The lowest BCUT2D eigenvalue weighted by Gasteiger charge is -2.36. The van der Waals surface area contributed by atoms with E-state index in [2.05, 4.69) is 48.2 Å². The molecule has 6 heteroatoms. The van der Waals surface area contributed by atoms with E-state index >= 15 is 0 Å². The molecule has 5 nitrogen and oxygen atoms in total. The van der Waals surface area contributed by atoms with Crippen molar-refractivity contribution < 1.29 is 10.0 Å². The van der Waals surface area contributed by atoms with Crippen molar-refractivity contribution in [3.63, 3.8) is 0 Å². The van der Waals surface area contributed by atoms with Crippen molar-refractivity contribution in [2.24, 2.45) is 11.8 Å². The molecule has 132 valence electrons. The van der Waals surface area contributed by atoms with Crippen molar-refractivity contribution in [3.8, 4) is 5.88 Å². The molecule has 3 atom stereocenters. The maximum absolute atomic E-state index is 10.9. The Morgan fingerprint density at radius 1 is 1.20 bits per heavy atom. The zero-order valence-corrected chi connectivity index (χ0v) is 15.8. The predicted octanol–water partition coefficient (Wildman–Crippen LogP) is 2.46. The number of rotatable bonds is 3. The van der Waals surface area contributed by atoms with Gasteiger partial charge in [-0.05, 0) is 13.3 Å². The Balaban J connectivity index is 1.82. The third-order valence-corrected chi connectivity index (χ3v) is 6.22. The molecule has 2 N–H and O–H groups in total. The van der Waals surface area contributed by atoms with E-state index in [0.717, 1.165) is 22.9 Å². The summed E-state index contributed by atoms with van der Waals surface area (Å²) in [4.78, 5) is 7.71. The van der Waals surface area contributed by atoms with Crippen LogP contribution in [0.4, 0.5) is 0 Å². The number of thiazole rings is 1. The molecular formula is C19H25N4OS+. The smallest absolute Gasteiger partial charge is 0.235 e. The first kappa shape index (κ1) is 16.5. The fraction of sp³-hybridized carbons (Fsp3) is 0.474. The number of aromatic hydroxyl groups is 1. The van der Waals surface area contributed by atoms with Crippen molar-refractivity contribution in [2.45, 2.75) is 33.2 Å². The number of piperidine rings is 1. The maximum Gasteiger partial charge on any atom is 0.235 e. The number of aromatic nitrogens is 3. The van der Waals surface area contributed by atoms with Crippen LogP contribution in [-0.4, -0.2) is 32.8 Å². The highest BCUT2D eigenvalue weighted by Crippen LogP contribution is 2.35. The molecule has 4 rings (SSSR count). The highest BCUT2D eigenvalue weighted by molar-refractivity contribution is 7.17. The van der Waals surface area contributed by atoms with Crippen molar-refractivity contribution in [1.82, 2.24) is 14.6 Å². The maximum atomic E-state index is 10.9. The van der Waals surface area contributed by atoms with Gasteiger partial charge in [0.2, 0.25) is 10.8 Å². The van der Waals surface area contributed by atoms with Gasteiger partial charge in [0.25, 0.3) is 0 Å². The van der Waals surface area contributed by atoms with E-state index in [1.807, 2.05) is 13.0 Å². The van der Waals surface area contributed by atoms with Gasteiger partial charge in [0.1, 0.15) is 10.7 Å². The van der Waals surface area contributed by atoms with E-state index in [4.69, 9.17) is 0 Å². The number of nitrogens with zero attached hydrogens (tertiary/aromatic N) is 3. The topological polar surface area (TPSA) is 54.9 Å². The first-order valence-electron chi connectivity index (χ1n) is 8.97. The average molecular weight is 358 g/mol. The van der Waals surface area contributed by atoms with Crippen molar-refractivity contribution >= 4 is 16.3 Å². The van der Waals surface area contributed by atoms with Gasteiger partial charge in [-0.3, -0.25) is 0 Å². The largest absolute Gasteiger partial charge is 0.492 e. The summed E-state index contributed by atoms with van der Waals surface area (Å²) in [5, 5.41) is 15.2. The molecule has 1 saturated heterocycles. The quantitative estimate of drug-likeness (QED) is 0.757. The van der Waals surface area contributed by atoms with Gasteiger partial charge < -0.3 is 10.0 Å². The van der Waals surface area contributed by atoms with E-state index in [-0.39, 0.29) is 11.9 Å². The summed E-state index contributed by atoms with van der Waals surface area (Å²) in [6.07, 6.45) is 1.28. The summed E-state index contributed by atoms with van der Waals surface area (Å²) < 4.78 is 1.58. The van der Waals surface area contributed by atoms with Crippen LogP contribution < -0.4 is 4.90 Å². The molecule has 0 aliphatic carbocycles. The molecule has 1 fully saturated rings. The van der Waals surface area contributed by atoms with E-state index in [1.165, 1.54) is 16.9 Å². The first-order chi connectivity index (χ1) is 12.0. The van der Waals surface area contributed by atoms with Gasteiger partial charge in [-0.25, -0.2) is 4.98 Å². The zero-order chi connectivity index (χ0) is 17.6. The standard InChI is InChI=1S/C19H24N4OS/c1-12-9-13(2)11-22(10-12)16(15-7-5-4-6-8-15)17-18(24)23-19(25-17)20-14(3)21-23/h4-8,12-13,16,24H,9-11H2,1-3H3/p+1/t12-,13-,16-/m0/s1.